The van der Waals surface area contributed by atoms with Crippen molar-refractivity contribution < 1.29 is 22.3 Å². The first-order chi connectivity index (χ1) is 17.2. The van der Waals surface area contributed by atoms with Crippen LogP contribution in [0.25, 0.3) is 10.9 Å². The predicted octanol–water partition coefficient (Wildman–Crippen LogP) is 5.32. The number of nitrogens with zero attached hydrogens (tertiary/aromatic N) is 5. The summed E-state index contributed by atoms with van der Waals surface area (Å²) in [5, 5.41) is 7.98. The average Bonchev–Trinajstić information content (AvgIpc) is 3.12. The second-order valence-corrected chi connectivity index (χ2v) is 10.3. The van der Waals surface area contributed by atoms with Crippen LogP contribution in [0.2, 0.25) is 10.2 Å². The maximum absolute atomic E-state index is 15.3. The smallest absolute Gasteiger partial charge is 0.272 e. The van der Waals surface area contributed by atoms with Crippen molar-refractivity contribution in [3.05, 3.63) is 40.3 Å². The van der Waals surface area contributed by atoms with Gasteiger partial charge in [0.2, 0.25) is 5.95 Å². The van der Waals surface area contributed by atoms with Gasteiger partial charge in [-0.25, -0.2) is 32.2 Å². The van der Waals surface area contributed by atoms with Crippen LogP contribution in [0.15, 0.2) is 24.5 Å². The van der Waals surface area contributed by atoms with Gasteiger partial charge in [0, 0.05) is 35.5 Å². The first-order valence-electron chi connectivity index (χ1n) is 11.7. The Labute approximate surface area is 213 Å². The fraction of sp³-hybridized carbons (Fsp3) is 0.522. The number of ether oxygens (including phenoxy) is 1. The number of fused-ring (bicyclic) bond motifs is 1. The Morgan fingerprint density at radius 2 is 1.92 bits per heavy atom. The molecule has 36 heavy (non-hydrogen) atoms. The molecule has 1 aliphatic carbocycles. The van der Waals surface area contributed by atoms with Crippen LogP contribution in [0, 0.1) is 0 Å². The van der Waals surface area contributed by atoms with Gasteiger partial charge in [0.25, 0.3) is 5.92 Å². The quantitative estimate of drug-likeness (QED) is 0.438. The first kappa shape index (κ1) is 24.1. The van der Waals surface area contributed by atoms with E-state index in [0.29, 0.717) is 40.1 Å². The Morgan fingerprint density at radius 3 is 2.61 bits per heavy atom. The van der Waals surface area contributed by atoms with Gasteiger partial charge in [-0.15, -0.1) is 0 Å². The lowest BCUT2D eigenvalue weighted by Gasteiger charge is -2.38. The molecule has 0 bridgehead atoms. The summed E-state index contributed by atoms with van der Waals surface area (Å²) in [6.07, 6.45) is 0.738. The molecule has 5 atom stereocenters. The molecule has 0 unspecified atom stereocenters. The van der Waals surface area contributed by atoms with Crippen LogP contribution in [0.1, 0.15) is 30.4 Å². The summed E-state index contributed by atoms with van der Waals surface area (Å²) in [7, 11) is 0. The largest absolute Gasteiger partial charge is 0.377 e. The number of piperidine rings is 1. The third-order valence-electron chi connectivity index (χ3n) is 7.19. The summed E-state index contributed by atoms with van der Waals surface area (Å²) < 4.78 is 62.5. The average molecular weight is 545 g/mol. The van der Waals surface area contributed by atoms with Crippen LogP contribution in [0.4, 0.5) is 29.2 Å². The van der Waals surface area contributed by atoms with E-state index in [4.69, 9.17) is 27.9 Å². The molecule has 4 heterocycles. The maximum atomic E-state index is 15.3. The van der Waals surface area contributed by atoms with Crippen LogP contribution in [0.3, 0.4) is 0 Å². The van der Waals surface area contributed by atoms with Crippen molar-refractivity contribution in [2.75, 3.05) is 31.6 Å². The highest BCUT2D eigenvalue weighted by Gasteiger charge is 2.59. The van der Waals surface area contributed by atoms with Gasteiger partial charge in [-0.05, 0) is 30.7 Å². The van der Waals surface area contributed by atoms with Crippen LogP contribution in [0.5, 0.6) is 0 Å². The second kappa shape index (κ2) is 8.97. The van der Waals surface area contributed by atoms with Crippen LogP contribution in [-0.2, 0) is 4.74 Å². The van der Waals surface area contributed by atoms with Crippen molar-refractivity contribution in [2.24, 2.45) is 0 Å². The Bertz CT molecular complexity index is 1310. The zero-order valence-corrected chi connectivity index (χ0v) is 20.4. The lowest BCUT2D eigenvalue weighted by molar-refractivity contribution is 0.0582. The number of likely N-dealkylation sites (tertiary alicyclic amines) is 1. The van der Waals surface area contributed by atoms with Crippen molar-refractivity contribution in [2.45, 2.75) is 49.1 Å². The van der Waals surface area contributed by atoms with Crippen LogP contribution < -0.4 is 5.32 Å². The van der Waals surface area contributed by atoms with E-state index in [1.54, 1.807) is 18.3 Å². The Balaban J connectivity index is 1.22. The molecule has 0 amide bonds. The molecule has 1 N–H and O–H groups in total. The van der Waals surface area contributed by atoms with Gasteiger partial charge in [0.1, 0.15) is 18.4 Å². The highest BCUT2D eigenvalue weighted by Crippen LogP contribution is 2.53. The topological polar surface area (TPSA) is 68.1 Å². The summed E-state index contributed by atoms with van der Waals surface area (Å²) in [5.74, 6) is -3.09. The minimum absolute atomic E-state index is 0.0351. The lowest BCUT2D eigenvalue weighted by atomic mass is 9.86. The molecule has 0 spiro atoms. The fourth-order valence-electron chi connectivity index (χ4n) is 5.08. The molecule has 7 nitrogen and oxygen atoms in total. The highest BCUT2D eigenvalue weighted by atomic mass is 35.5. The molecule has 13 heteroatoms. The standard InChI is InChI=1S/C23H22Cl2F4N6O/c24-14-3-11-6-30-22(33-18-7-31-35(21(18)25)20-5-23(20,28)29)32-17(11)4-13(14)12-1-2-34(8-15(12)26)19-10-36-9-16(19)27/h3-4,6-7,12,15-16,19-20H,1-2,5,8-10H2,(H,30,32,33)/t12-,15+,16-,19-,20+/m1/s1. The minimum atomic E-state index is -2.81. The lowest BCUT2D eigenvalue weighted by Crippen LogP contribution is -2.49. The van der Waals surface area contributed by atoms with E-state index in [9.17, 15) is 13.2 Å². The van der Waals surface area contributed by atoms with E-state index >= 15 is 4.39 Å². The fourth-order valence-corrected chi connectivity index (χ4v) is 5.65. The van der Waals surface area contributed by atoms with Crippen molar-refractivity contribution in [3.8, 4) is 0 Å². The van der Waals surface area contributed by atoms with E-state index in [0.717, 1.165) is 4.68 Å². The molecular formula is C23H22Cl2F4N6O. The number of benzene rings is 1. The third-order valence-corrected chi connectivity index (χ3v) is 7.90. The van der Waals surface area contributed by atoms with E-state index in [2.05, 4.69) is 20.4 Å². The number of hydrogen-bond donors (Lipinski definition) is 1. The normalized spacial score (nSPS) is 30.1. The van der Waals surface area contributed by atoms with Gasteiger partial charge in [0.15, 0.2) is 5.15 Å². The van der Waals surface area contributed by atoms with Gasteiger partial charge >= 0.3 is 0 Å². The maximum Gasteiger partial charge on any atom is 0.272 e. The molecule has 2 aliphatic heterocycles. The van der Waals surface area contributed by atoms with Gasteiger partial charge in [-0.1, -0.05) is 23.2 Å². The highest BCUT2D eigenvalue weighted by molar-refractivity contribution is 6.32. The monoisotopic (exact) mass is 544 g/mol. The summed E-state index contributed by atoms with van der Waals surface area (Å²) in [6, 6.07) is 1.96. The summed E-state index contributed by atoms with van der Waals surface area (Å²) >= 11 is 12.8. The van der Waals surface area contributed by atoms with E-state index < -0.39 is 36.3 Å². The number of alkyl halides is 4. The van der Waals surface area contributed by atoms with E-state index in [1.807, 2.05) is 4.90 Å². The molecule has 1 aromatic carbocycles. The van der Waals surface area contributed by atoms with Crippen LogP contribution in [-0.4, -0.2) is 75.3 Å². The van der Waals surface area contributed by atoms with Gasteiger partial charge < -0.3 is 10.1 Å². The third kappa shape index (κ3) is 4.29. The second-order valence-electron chi connectivity index (χ2n) is 9.55. The zero-order valence-electron chi connectivity index (χ0n) is 18.9. The summed E-state index contributed by atoms with van der Waals surface area (Å²) in [5.41, 5.74) is 1.46. The zero-order chi connectivity index (χ0) is 25.2. The SMILES string of the molecule is F[C@@H]1COC[C@H]1N1CC[C@H](c2cc3nc(Nc4cnn([C@H]5CC5(F)F)c4Cl)ncc3cc2Cl)[C@@H](F)C1. The Kier molecular flexibility index (Phi) is 6.01. The number of nitrogens with one attached hydrogen (secondary N) is 1. The van der Waals surface area contributed by atoms with Crippen molar-refractivity contribution in [1.82, 2.24) is 24.6 Å². The molecule has 1 saturated carbocycles. The molecule has 3 aromatic rings. The summed E-state index contributed by atoms with van der Waals surface area (Å²) in [4.78, 5) is 10.6. The van der Waals surface area contributed by atoms with Gasteiger partial charge in [-0.3, -0.25) is 4.90 Å². The molecule has 192 valence electrons. The number of hydrogen-bond acceptors (Lipinski definition) is 6. The predicted molar refractivity (Wildman–Crippen MR) is 127 cm³/mol. The number of anilines is 2. The molecule has 6 rings (SSSR count). The van der Waals surface area contributed by atoms with Crippen molar-refractivity contribution >= 4 is 45.7 Å². The molecule has 0 radical (unpaired) electrons. The number of rotatable bonds is 5. The minimum Gasteiger partial charge on any atom is -0.377 e. The molecule has 2 saturated heterocycles. The van der Waals surface area contributed by atoms with Gasteiger partial charge in [-0.2, -0.15) is 5.10 Å². The number of halogens is 6. The first-order valence-corrected chi connectivity index (χ1v) is 12.4. The number of aromatic nitrogens is 4. The van der Waals surface area contributed by atoms with Crippen LogP contribution >= 0.6 is 23.2 Å². The summed E-state index contributed by atoms with van der Waals surface area (Å²) in [6.45, 7) is 0.959. The Hall–Kier alpha value is -2.21. The van der Waals surface area contributed by atoms with Gasteiger partial charge in [0.05, 0.1) is 36.7 Å². The van der Waals surface area contributed by atoms with Crippen molar-refractivity contribution in [1.29, 1.82) is 0 Å². The molecule has 2 aromatic heterocycles. The van der Waals surface area contributed by atoms with E-state index in [-0.39, 0.29) is 37.3 Å². The molecule has 3 aliphatic rings. The molecular weight excluding hydrogens is 523 g/mol. The Morgan fingerprint density at radius 1 is 1.11 bits per heavy atom. The van der Waals surface area contributed by atoms with E-state index in [1.165, 1.54) is 6.20 Å². The van der Waals surface area contributed by atoms with Crippen molar-refractivity contribution in [3.63, 3.8) is 0 Å². The molecule has 3 fully saturated rings.